The third-order valence-electron chi connectivity index (χ3n) is 4.33. The molecule has 0 saturated carbocycles. The van der Waals surface area contributed by atoms with Crippen molar-refractivity contribution in [2.24, 2.45) is 4.99 Å². The fraction of sp³-hybridized carbons (Fsp3) is 0. The van der Waals surface area contributed by atoms with E-state index < -0.39 is 0 Å². The number of aliphatic imine (C=N–C) groups is 1. The smallest absolute Gasteiger partial charge is 0.284 e. The van der Waals surface area contributed by atoms with Crippen molar-refractivity contribution < 1.29 is 9.21 Å². The van der Waals surface area contributed by atoms with Crippen LogP contribution in [0, 0.1) is 0 Å². The highest BCUT2D eigenvalue weighted by atomic mass is 35.5. The molecule has 0 bridgehead atoms. The molecule has 1 aliphatic heterocycles. The summed E-state index contributed by atoms with van der Waals surface area (Å²) in [5, 5.41) is 1.35. The van der Waals surface area contributed by atoms with Crippen LogP contribution >= 0.6 is 34.5 Å². The highest BCUT2D eigenvalue weighted by Gasteiger charge is 2.34. The average molecular weight is 440 g/mol. The van der Waals surface area contributed by atoms with Crippen molar-refractivity contribution in [1.82, 2.24) is 4.98 Å². The Morgan fingerprint density at radius 2 is 1.83 bits per heavy atom. The highest BCUT2D eigenvalue weighted by molar-refractivity contribution is 7.22. The van der Waals surface area contributed by atoms with E-state index in [1.165, 1.54) is 16.2 Å². The summed E-state index contributed by atoms with van der Waals surface area (Å²) in [6, 6.07) is 16.5. The SMILES string of the molecule is O=C1/C(=C/c2ccco2)N=C(c2ccccc2)N1c1nc2cc(Cl)c(Cl)cc2s1. The number of hydrogen-bond donors (Lipinski definition) is 0. The molecule has 0 radical (unpaired) electrons. The van der Waals surface area contributed by atoms with Gasteiger partial charge in [-0.2, -0.15) is 0 Å². The molecule has 0 fully saturated rings. The maximum absolute atomic E-state index is 13.2. The maximum Gasteiger partial charge on any atom is 0.284 e. The molecule has 4 aromatic rings. The second-order valence-electron chi connectivity index (χ2n) is 6.22. The van der Waals surface area contributed by atoms with Crippen molar-refractivity contribution in [3.05, 3.63) is 87.9 Å². The molecule has 2 aromatic carbocycles. The minimum Gasteiger partial charge on any atom is -0.465 e. The van der Waals surface area contributed by atoms with Crippen molar-refractivity contribution in [3.63, 3.8) is 0 Å². The average Bonchev–Trinajstić information content (AvgIpc) is 3.43. The Balaban J connectivity index is 1.66. The van der Waals surface area contributed by atoms with Crippen molar-refractivity contribution in [2.45, 2.75) is 0 Å². The van der Waals surface area contributed by atoms with Crippen molar-refractivity contribution >= 4 is 67.7 Å². The number of aromatic nitrogens is 1. The number of carbonyl (C=O) groups excluding carboxylic acids is 1. The Labute approximate surface area is 179 Å². The standard InChI is InChI=1S/C21H11Cl2N3O2S/c22-14-10-16-18(11-15(14)23)29-21(25-16)26-19(12-5-2-1-3-6-12)24-17(20(26)27)9-13-7-4-8-28-13/h1-11H/b17-9-. The summed E-state index contributed by atoms with van der Waals surface area (Å²) in [5.41, 5.74) is 1.75. The number of amides is 1. The van der Waals surface area contributed by atoms with Crippen LogP contribution in [0.3, 0.4) is 0 Å². The summed E-state index contributed by atoms with van der Waals surface area (Å²) in [7, 11) is 0. The predicted octanol–water partition coefficient (Wildman–Crippen LogP) is 6.03. The van der Waals surface area contributed by atoms with Gasteiger partial charge in [-0.3, -0.25) is 4.79 Å². The lowest BCUT2D eigenvalue weighted by molar-refractivity contribution is -0.113. The van der Waals surface area contributed by atoms with Gasteiger partial charge < -0.3 is 4.42 Å². The van der Waals surface area contributed by atoms with E-state index in [9.17, 15) is 4.79 Å². The van der Waals surface area contributed by atoms with Gasteiger partial charge in [0.15, 0.2) is 5.13 Å². The lowest BCUT2D eigenvalue weighted by Gasteiger charge is -2.14. The summed E-state index contributed by atoms with van der Waals surface area (Å²) in [6.07, 6.45) is 3.17. The van der Waals surface area contributed by atoms with Crippen LogP contribution in [0.2, 0.25) is 10.0 Å². The number of nitrogens with zero attached hydrogens (tertiary/aromatic N) is 3. The minimum absolute atomic E-state index is 0.272. The van der Waals surface area contributed by atoms with Crippen LogP contribution < -0.4 is 4.90 Å². The van der Waals surface area contributed by atoms with Gasteiger partial charge in [0.2, 0.25) is 0 Å². The molecular formula is C21H11Cl2N3O2S. The highest BCUT2D eigenvalue weighted by Crippen LogP contribution is 2.37. The molecule has 0 aliphatic carbocycles. The van der Waals surface area contributed by atoms with Gasteiger partial charge >= 0.3 is 0 Å². The predicted molar refractivity (Wildman–Crippen MR) is 117 cm³/mol. The Kier molecular flexibility index (Phi) is 4.47. The molecule has 142 valence electrons. The number of thiazole rings is 1. The molecule has 5 rings (SSSR count). The van der Waals surface area contributed by atoms with Crippen molar-refractivity contribution in [1.29, 1.82) is 0 Å². The Morgan fingerprint density at radius 3 is 2.59 bits per heavy atom. The molecule has 1 aliphatic rings. The van der Waals surface area contributed by atoms with E-state index in [0.29, 0.717) is 32.3 Å². The molecule has 0 spiro atoms. The van der Waals surface area contributed by atoms with E-state index in [2.05, 4.69) is 9.98 Å². The number of furan rings is 1. The van der Waals surface area contributed by atoms with E-state index in [4.69, 9.17) is 27.6 Å². The third kappa shape index (κ3) is 3.25. The number of halogens is 2. The molecule has 1 amide bonds. The van der Waals surface area contributed by atoms with Gasteiger partial charge in [-0.15, -0.1) is 0 Å². The summed E-state index contributed by atoms with van der Waals surface area (Å²) in [5.74, 6) is 0.774. The third-order valence-corrected chi connectivity index (χ3v) is 6.05. The Morgan fingerprint density at radius 1 is 1.03 bits per heavy atom. The summed E-state index contributed by atoms with van der Waals surface area (Å²) >= 11 is 13.6. The number of rotatable bonds is 3. The van der Waals surface area contributed by atoms with Gasteiger partial charge in [-0.05, 0) is 24.3 Å². The van der Waals surface area contributed by atoms with Crippen LogP contribution in [0.25, 0.3) is 16.3 Å². The maximum atomic E-state index is 13.2. The molecule has 29 heavy (non-hydrogen) atoms. The number of hydrogen-bond acceptors (Lipinski definition) is 5. The van der Waals surface area contributed by atoms with Crippen molar-refractivity contribution in [3.8, 4) is 0 Å². The molecule has 3 heterocycles. The van der Waals surface area contributed by atoms with Gasteiger partial charge in [-0.1, -0.05) is 64.9 Å². The molecule has 8 heteroatoms. The van der Waals surface area contributed by atoms with Gasteiger partial charge in [-0.25, -0.2) is 14.9 Å². The normalized spacial score (nSPS) is 15.5. The first-order chi connectivity index (χ1) is 14.1. The lowest BCUT2D eigenvalue weighted by Crippen LogP contribution is -2.32. The van der Waals surface area contributed by atoms with Gasteiger partial charge in [0.05, 0.1) is 26.5 Å². The fourth-order valence-electron chi connectivity index (χ4n) is 2.99. The Bertz CT molecular complexity index is 1260. The molecule has 0 atom stereocenters. The van der Waals surface area contributed by atoms with E-state index in [1.54, 1.807) is 36.6 Å². The molecule has 2 aromatic heterocycles. The van der Waals surface area contributed by atoms with E-state index in [-0.39, 0.29) is 11.6 Å². The number of carbonyl (C=O) groups is 1. The van der Waals surface area contributed by atoms with Crippen LogP contribution in [0.15, 0.2) is 76.0 Å². The number of anilines is 1. The quantitative estimate of drug-likeness (QED) is 0.366. The van der Waals surface area contributed by atoms with Crippen molar-refractivity contribution in [2.75, 3.05) is 4.90 Å². The molecule has 0 N–H and O–H groups in total. The second kappa shape index (κ2) is 7.15. The Hall–Kier alpha value is -2.93. The molecule has 5 nitrogen and oxygen atoms in total. The van der Waals surface area contributed by atoms with E-state index >= 15 is 0 Å². The zero-order valence-electron chi connectivity index (χ0n) is 14.7. The molecular weight excluding hydrogens is 429 g/mol. The molecule has 0 saturated heterocycles. The van der Waals surface area contributed by atoms with E-state index in [0.717, 1.165) is 10.3 Å². The topological polar surface area (TPSA) is 58.7 Å². The minimum atomic E-state index is -0.281. The first-order valence-corrected chi connectivity index (χ1v) is 10.2. The van der Waals surface area contributed by atoms with Gasteiger partial charge in [0.1, 0.15) is 17.3 Å². The zero-order valence-corrected chi connectivity index (χ0v) is 17.0. The van der Waals surface area contributed by atoms with Crippen LogP contribution in [0.5, 0.6) is 0 Å². The van der Waals surface area contributed by atoms with E-state index in [1.807, 2.05) is 30.3 Å². The monoisotopic (exact) mass is 439 g/mol. The summed E-state index contributed by atoms with van der Waals surface area (Å²) in [6.45, 7) is 0. The lowest BCUT2D eigenvalue weighted by atomic mass is 10.2. The number of fused-ring (bicyclic) bond motifs is 1. The van der Waals surface area contributed by atoms with Gasteiger partial charge in [0, 0.05) is 11.6 Å². The first-order valence-electron chi connectivity index (χ1n) is 8.59. The first kappa shape index (κ1) is 18.1. The second-order valence-corrected chi connectivity index (χ2v) is 8.04. The molecule has 0 unspecified atom stereocenters. The largest absolute Gasteiger partial charge is 0.465 e. The summed E-state index contributed by atoms with van der Waals surface area (Å²) < 4.78 is 6.17. The van der Waals surface area contributed by atoms with Crippen LogP contribution in [0.4, 0.5) is 5.13 Å². The van der Waals surface area contributed by atoms with Crippen LogP contribution in [-0.2, 0) is 4.79 Å². The summed E-state index contributed by atoms with van der Waals surface area (Å²) in [4.78, 5) is 23.9. The number of amidine groups is 1. The van der Waals surface area contributed by atoms with Gasteiger partial charge in [0.25, 0.3) is 5.91 Å². The van der Waals surface area contributed by atoms with Crippen LogP contribution in [-0.4, -0.2) is 16.7 Å². The fourth-order valence-corrected chi connectivity index (χ4v) is 4.36. The number of benzene rings is 2. The van der Waals surface area contributed by atoms with Crippen LogP contribution in [0.1, 0.15) is 11.3 Å². The zero-order chi connectivity index (χ0) is 20.0.